The number of amides is 2. The minimum absolute atomic E-state index is 0.0513. The largest absolute Gasteiger partial charge is 0.467 e. The van der Waals surface area contributed by atoms with Gasteiger partial charge in [0.15, 0.2) is 0 Å². The number of carbonyl (C=O) groups excluding carboxylic acids is 3. The summed E-state index contributed by atoms with van der Waals surface area (Å²) in [6, 6.07) is -0.598. The molecule has 0 bridgehead atoms. The van der Waals surface area contributed by atoms with E-state index in [0.29, 0.717) is 18.9 Å². The summed E-state index contributed by atoms with van der Waals surface area (Å²) in [5.74, 6) is -0.503. The molecule has 2 amide bonds. The molecule has 0 aromatic carbocycles. The minimum Gasteiger partial charge on any atom is -0.467 e. The molecule has 6 nitrogen and oxygen atoms in total. The molecule has 0 spiro atoms. The van der Waals surface area contributed by atoms with E-state index in [1.54, 1.807) is 0 Å². The van der Waals surface area contributed by atoms with Gasteiger partial charge in [0.2, 0.25) is 11.8 Å². The van der Waals surface area contributed by atoms with Crippen molar-refractivity contribution in [3.8, 4) is 0 Å². The normalized spacial score (nSPS) is 23.7. The van der Waals surface area contributed by atoms with E-state index in [4.69, 9.17) is 4.74 Å². The van der Waals surface area contributed by atoms with Gasteiger partial charge in [-0.05, 0) is 25.2 Å². The van der Waals surface area contributed by atoms with Crippen LogP contribution in [-0.4, -0.2) is 37.5 Å². The molecule has 2 rings (SSSR count). The first-order valence-electron chi connectivity index (χ1n) is 9.25. The minimum atomic E-state index is -0.598. The van der Waals surface area contributed by atoms with Crippen LogP contribution in [0, 0.1) is 11.8 Å². The first kappa shape index (κ1) is 18.7. The van der Waals surface area contributed by atoms with Crippen molar-refractivity contribution in [2.75, 3.05) is 13.7 Å². The average Bonchev–Trinajstić information content (AvgIpc) is 2.79. The number of carbonyl (C=O) groups is 3. The SMILES string of the molecule is COC(=O)[C@H](CC1CCCCC1)NC(=O)C[C@H]1CCCCNC1=O. The molecule has 0 aromatic rings. The second-order valence-corrected chi connectivity index (χ2v) is 7.07. The molecule has 0 aromatic heterocycles. The molecule has 0 unspecified atom stereocenters. The molecular weight excluding hydrogens is 308 g/mol. The molecule has 136 valence electrons. The van der Waals surface area contributed by atoms with Crippen molar-refractivity contribution in [2.45, 2.75) is 70.3 Å². The Labute approximate surface area is 144 Å². The molecular formula is C18H30N2O4. The van der Waals surface area contributed by atoms with Crippen molar-refractivity contribution < 1.29 is 19.1 Å². The molecule has 1 saturated heterocycles. The van der Waals surface area contributed by atoms with E-state index in [0.717, 1.165) is 32.1 Å². The lowest BCUT2D eigenvalue weighted by Crippen LogP contribution is -2.44. The number of rotatable bonds is 6. The Hall–Kier alpha value is -1.59. The summed E-state index contributed by atoms with van der Waals surface area (Å²) in [6.07, 6.45) is 9.24. The summed E-state index contributed by atoms with van der Waals surface area (Å²) in [4.78, 5) is 36.3. The zero-order chi connectivity index (χ0) is 17.4. The summed E-state index contributed by atoms with van der Waals surface area (Å²) in [5.41, 5.74) is 0. The van der Waals surface area contributed by atoms with Gasteiger partial charge in [0, 0.05) is 18.9 Å². The molecule has 0 radical (unpaired) electrons. The lowest BCUT2D eigenvalue weighted by Gasteiger charge is -2.26. The lowest BCUT2D eigenvalue weighted by molar-refractivity contribution is -0.145. The van der Waals surface area contributed by atoms with E-state index in [1.165, 1.54) is 26.4 Å². The highest BCUT2D eigenvalue weighted by molar-refractivity contribution is 5.88. The second-order valence-electron chi connectivity index (χ2n) is 7.07. The van der Waals surface area contributed by atoms with Crippen LogP contribution in [0.1, 0.15) is 64.2 Å². The van der Waals surface area contributed by atoms with Gasteiger partial charge in [-0.3, -0.25) is 9.59 Å². The van der Waals surface area contributed by atoms with Gasteiger partial charge in [-0.25, -0.2) is 4.79 Å². The monoisotopic (exact) mass is 338 g/mol. The van der Waals surface area contributed by atoms with Crippen LogP contribution >= 0.6 is 0 Å². The van der Waals surface area contributed by atoms with Gasteiger partial charge in [-0.15, -0.1) is 0 Å². The van der Waals surface area contributed by atoms with Gasteiger partial charge in [-0.2, -0.15) is 0 Å². The van der Waals surface area contributed by atoms with E-state index in [1.807, 2.05) is 0 Å². The molecule has 2 atom stereocenters. The Balaban J connectivity index is 1.88. The predicted molar refractivity (Wildman–Crippen MR) is 90.1 cm³/mol. The van der Waals surface area contributed by atoms with Gasteiger partial charge in [0.25, 0.3) is 0 Å². The molecule has 1 heterocycles. The standard InChI is InChI=1S/C18H30N2O4/c1-24-18(23)15(11-13-7-3-2-4-8-13)20-16(21)12-14-9-5-6-10-19-17(14)22/h13-15H,2-12H2,1H3,(H,19,22)(H,20,21)/t14-,15+/m1/s1. The van der Waals surface area contributed by atoms with Gasteiger partial charge < -0.3 is 15.4 Å². The molecule has 24 heavy (non-hydrogen) atoms. The zero-order valence-corrected chi connectivity index (χ0v) is 14.6. The maximum absolute atomic E-state index is 12.3. The van der Waals surface area contributed by atoms with Gasteiger partial charge in [0.1, 0.15) is 6.04 Å². The van der Waals surface area contributed by atoms with Crippen molar-refractivity contribution in [2.24, 2.45) is 11.8 Å². The van der Waals surface area contributed by atoms with Gasteiger partial charge in [0.05, 0.1) is 7.11 Å². The first-order valence-corrected chi connectivity index (χ1v) is 9.25. The molecule has 2 aliphatic rings. The second kappa shape index (κ2) is 9.64. The maximum Gasteiger partial charge on any atom is 0.328 e. The molecule has 1 saturated carbocycles. The number of hydrogen-bond donors (Lipinski definition) is 2. The molecule has 1 aliphatic carbocycles. The topological polar surface area (TPSA) is 84.5 Å². The summed E-state index contributed by atoms with van der Waals surface area (Å²) >= 11 is 0. The summed E-state index contributed by atoms with van der Waals surface area (Å²) < 4.78 is 4.85. The molecule has 2 fully saturated rings. The van der Waals surface area contributed by atoms with Crippen molar-refractivity contribution >= 4 is 17.8 Å². The van der Waals surface area contributed by atoms with Crippen LogP contribution in [0.15, 0.2) is 0 Å². The number of esters is 1. The highest BCUT2D eigenvalue weighted by Gasteiger charge is 2.29. The van der Waals surface area contributed by atoms with Crippen LogP contribution < -0.4 is 10.6 Å². The third-order valence-electron chi connectivity index (χ3n) is 5.20. The highest BCUT2D eigenvalue weighted by atomic mass is 16.5. The van der Waals surface area contributed by atoms with Gasteiger partial charge >= 0.3 is 5.97 Å². The number of methoxy groups -OCH3 is 1. The molecule has 6 heteroatoms. The quantitative estimate of drug-likeness (QED) is 0.725. The van der Waals surface area contributed by atoms with Gasteiger partial charge in [-0.1, -0.05) is 38.5 Å². The highest BCUT2D eigenvalue weighted by Crippen LogP contribution is 2.27. The summed E-state index contributed by atoms with van der Waals surface area (Å²) in [7, 11) is 1.35. The fourth-order valence-corrected chi connectivity index (χ4v) is 3.79. The Bertz CT molecular complexity index is 446. The van der Waals surface area contributed by atoms with E-state index < -0.39 is 6.04 Å². The first-order chi connectivity index (χ1) is 11.6. The zero-order valence-electron chi connectivity index (χ0n) is 14.6. The Morgan fingerprint density at radius 1 is 1.17 bits per heavy atom. The lowest BCUT2D eigenvalue weighted by atomic mass is 9.84. The predicted octanol–water partition coefficient (Wildman–Crippen LogP) is 1.92. The van der Waals surface area contributed by atoms with Crippen molar-refractivity contribution in [1.29, 1.82) is 0 Å². The van der Waals surface area contributed by atoms with Crippen molar-refractivity contribution in [3.05, 3.63) is 0 Å². The maximum atomic E-state index is 12.3. The van der Waals surface area contributed by atoms with E-state index in [9.17, 15) is 14.4 Å². The average molecular weight is 338 g/mol. The number of hydrogen-bond acceptors (Lipinski definition) is 4. The fourth-order valence-electron chi connectivity index (χ4n) is 3.79. The smallest absolute Gasteiger partial charge is 0.328 e. The number of nitrogens with one attached hydrogen (secondary N) is 2. The molecule has 2 N–H and O–H groups in total. The Morgan fingerprint density at radius 3 is 2.58 bits per heavy atom. The van der Waals surface area contributed by atoms with Crippen LogP contribution in [0.4, 0.5) is 0 Å². The Kier molecular flexibility index (Phi) is 7.53. The van der Waals surface area contributed by atoms with Crippen LogP contribution in [-0.2, 0) is 19.1 Å². The van der Waals surface area contributed by atoms with Crippen molar-refractivity contribution in [3.63, 3.8) is 0 Å². The third kappa shape index (κ3) is 5.80. The van der Waals surface area contributed by atoms with E-state index >= 15 is 0 Å². The van der Waals surface area contributed by atoms with E-state index in [-0.39, 0.29) is 30.1 Å². The van der Waals surface area contributed by atoms with Crippen LogP contribution in [0.2, 0.25) is 0 Å². The van der Waals surface area contributed by atoms with Crippen molar-refractivity contribution in [1.82, 2.24) is 10.6 Å². The Morgan fingerprint density at radius 2 is 1.88 bits per heavy atom. The van der Waals surface area contributed by atoms with Crippen LogP contribution in [0.25, 0.3) is 0 Å². The summed E-state index contributed by atoms with van der Waals surface area (Å²) in [6.45, 7) is 0.684. The number of ether oxygens (including phenoxy) is 1. The van der Waals surface area contributed by atoms with Crippen LogP contribution in [0.3, 0.4) is 0 Å². The van der Waals surface area contributed by atoms with Crippen LogP contribution in [0.5, 0.6) is 0 Å². The molecule has 1 aliphatic heterocycles. The fraction of sp³-hybridized carbons (Fsp3) is 0.833. The van der Waals surface area contributed by atoms with E-state index in [2.05, 4.69) is 10.6 Å². The third-order valence-corrected chi connectivity index (χ3v) is 5.20. The summed E-state index contributed by atoms with van der Waals surface area (Å²) in [5, 5.41) is 5.65.